The smallest absolute Gasteiger partial charge is 0.179 e. The Kier molecular flexibility index (Phi) is 4.71. The minimum Gasteiger partial charge on any atom is -0.310 e. The molecule has 0 spiro atoms. The molecule has 0 radical (unpaired) electrons. The second-order valence-corrected chi connectivity index (χ2v) is 5.73. The molecule has 0 amide bonds. The molecule has 1 atom stereocenters. The fourth-order valence-corrected chi connectivity index (χ4v) is 2.94. The van der Waals surface area contributed by atoms with Gasteiger partial charge in [-0.1, -0.05) is 24.3 Å². The first-order valence-corrected chi connectivity index (χ1v) is 6.83. The largest absolute Gasteiger partial charge is 0.310 e. The van der Waals surface area contributed by atoms with Crippen LogP contribution in [0.15, 0.2) is 47.9 Å². The van der Waals surface area contributed by atoms with E-state index >= 15 is 0 Å². The average molecular weight is 239 g/mol. The molecule has 0 unspecified atom stereocenters. The summed E-state index contributed by atoms with van der Waals surface area (Å²) in [5.41, 5.74) is 0. The Balaban J connectivity index is 2.69. The maximum atomic E-state index is 11.9. The van der Waals surface area contributed by atoms with Crippen LogP contribution in [-0.2, 0) is 9.84 Å². The van der Waals surface area contributed by atoms with Crippen LogP contribution in [-0.4, -0.2) is 26.8 Å². The van der Waals surface area contributed by atoms with E-state index in [0.29, 0.717) is 11.4 Å². The maximum absolute atomic E-state index is 11.9. The Hall–Kier alpha value is -1.13. The molecule has 1 rings (SSSR count). The van der Waals surface area contributed by atoms with Gasteiger partial charge in [-0.25, -0.2) is 8.42 Å². The molecule has 16 heavy (non-hydrogen) atoms. The second-order valence-electron chi connectivity index (χ2n) is 3.69. The lowest BCUT2D eigenvalue weighted by atomic mass is 10.4. The molecule has 88 valence electrons. The highest BCUT2D eigenvalue weighted by Crippen LogP contribution is 2.10. The lowest BCUT2D eigenvalue weighted by Crippen LogP contribution is -2.33. The highest BCUT2D eigenvalue weighted by molar-refractivity contribution is 7.91. The van der Waals surface area contributed by atoms with Gasteiger partial charge in [0.2, 0.25) is 0 Å². The number of hydrogen-bond acceptors (Lipinski definition) is 3. The molecule has 0 fully saturated rings. The van der Waals surface area contributed by atoms with E-state index in [1.165, 1.54) is 0 Å². The molecule has 0 heterocycles. The van der Waals surface area contributed by atoms with Gasteiger partial charge >= 0.3 is 0 Å². The Morgan fingerprint density at radius 3 is 2.56 bits per heavy atom. The average Bonchev–Trinajstić information content (AvgIpc) is 2.27. The summed E-state index contributed by atoms with van der Waals surface area (Å²) in [6.45, 7) is 6.04. The van der Waals surface area contributed by atoms with E-state index in [2.05, 4.69) is 11.9 Å². The van der Waals surface area contributed by atoms with Crippen molar-refractivity contribution in [1.29, 1.82) is 0 Å². The summed E-state index contributed by atoms with van der Waals surface area (Å²) >= 11 is 0. The van der Waals surface area contributed by atoms with Crippen LogP contribution in [0.3, 0.4) is 0 Å². The van der Waals surface area contributed by atoms with Crippen LogP contribution < -0.4 is 5.32 Å². The van der Waals surface area contributed by atoms with E-state index in [-0.39, 0.29) is 11.8 Å². The van der Waals surface area contributed by atoms with Gasteiger partial charge in [0.05, 0.1) is 10.6 Å². The lowest BCUT2D eigenvalue weighted by Gasteiger charge is -2.12. The molecule has 4 heteroatoms. The quantitative estimate of drug-likeness (QED) is 0.767. The van der Waals surface area contributed by atoms with Crippen molar-refractivity contribution in [2.45, 2.75) is 17.9 Å². The first-order chi connectivity index (χ1) is 7.56. The molecular formula is C12H17NO2S. The number of benzene rings is 1. The van der Waals surface area contributed by atoms with Crippen LogP contribution in [0.4, 0.5) is 0 Å². The molecule has 3 nitrogen and oxygen atoms in total. The maximum Gasteiger partial charge on any atom is 0.179 e. The molecule has 0 aliphatic heterocycles. The highest BCUT2D eigenvalue weighted by Gasteiger charge is 2.17. The standard InChI is InChI=1S/C12H17NO2S/c1-3-9-13-11(2)10-16(14,15)12-7-5-4-6-8-12/h3-8,11,13H,1,9-10H2,2H3/t11-/m0/s1. The summed E-state index contributed by atoms with van der Waals surface area (Å²) in [6, 6.07) is 8.43. The molecule has 0 bridgehead atoms. The van der Waals surface area contributed by atoms with Crippen molar-refractivity contribution in [1.82, 2.24) is 5.32 Å². The van der Waals surface area contributed by atoms with Crippen LogP contribution in [0.5, 0.6) is 0 Å². The van der Waals surface area contributed by atoms with E-state index < -0.39 is 9.84 Å². The molecule has 0 aliphatic carbocycles. The summed E-state index contributed by atoms with van der Waals surface area (Å²) in [6.07, 6.45) is 1.71. The Morgan fingerprint density at radius 1 is 1.38 bits per heavy atom. The van der Waals surface area contributed by atoms with Gasteiger partial charge in [-0.15, -0.1) is 6.58 Å². The zero-order chi connectivity index (χ0) is 12.0. The van der Waals surface area contributed by atoms with Gasteiger partial charge in [-0.3, -0.25) is 0 Å². The van der Waals surface area contributed by atoms with Gasteiger partial charge in [0.15, 0.2) is 9.84 Å². The van der Waals surface area contributed by atoms with Gasteiger partial charge in [0, 0.05) is 12.6 Å². The van der Waals surface area contributed by atoms with Gasteiger partial charge in [0.25, 0.3) is 0 Å². The molecule has 1 aromatic rings. The van der Waals surface area contributed by atoms with Gasteiger partial charge in [0.1, 0.15) is 0 Å². The van der Waals surface area contributed by atoms with Gasteiger partial charge in [-0.05, 0) is 19.1 Å². The molecule has 0 saturated heterocycles. The van der Waals surface area contributed by atoms with Crippen molar-refractivity contribution in [3.05, 3.63) is 43.0 Å². The molecule has 0 aromatic heterocycles. The van der Waals surface area contributed by atoms with Crippen molar-refractivity contribution >= 4 is 9.84 Å². The summed E-state index contributed by atoms with van der Waals surface area (Å²) < 4.78 is 23.9. The summed E-state index contributed by atoms with van der Waals surface area (Å²) in [7, 11) is -3.19. The Morgan fingerprint density at radius 2 is 2.00 bits per heavy atom. The Bertz CT molecular complexity index is 426. The van der Waals surface area contributed by atoms with Crippen molar-refractivity contribution in [3.63, 3.8) is 0 Å². The van der Waals surface area contributed by atoms with Crippen LogP contribution in [0.1, 0.15) is 6.92 Å². The van der Waals surface area contributed by atoms with E-state index in [1.807, 2.05) is 6.92 Å². The third-order valence-corrected chi connectivity index (χ3v) is 4.11. The monoisotopic (exact) mass is 239 g/mol. The highest BCUT2D eigenvalue weighted by atomic mass is 32.2. The fraction of sp³-hybridized carbons (Fsp3) is 0.333. The van der Waals surface area contributed by atoms with E-state index in [1.54, 1.807) is 36.4 Å². The molecule has 0 aliphatic rings. The third kappa shape index (κ3) is 3.79. The van der Waals surface area contributed by atoms with Crippen molar-refractivity contribution in [2.75, 3.05) is 12.3 Å². The Labute approximate surface area is 97.1 Å². The van der Waals surface area contributed by atoms with Gasteiger partial charge < -0.3 is 5.32 Å². The minimum atomic E-state index is -3.19. The zero-order valence-corrected chi connectivity index (χ0v) is 10.2. The third-order valence-electron chi connectivity index (χ3n) is 2.18. The minimum absolute atomic E-state index is 0.0804. The number of sulfone groups is 1. The van der Waals surface area contributed by atoms with Crippen LogP contribution >= 0.6 is 0 Å². The van der Waals surface area contributed by atoms with Gasteiger partial charge in [-0.2, -0.15) is 0 Å². The normalized spacial score (nSPS) is 13.3. The lowest BCUT2D eigenvalue weighted by molar-refractivity contribution is 0.571. The molecular weight excluding hydrogens is 222 g/mol. The molecule has 0 saturated carbocycles. The van der Waals surface area contributed by atoms with Crippen molar-refractivity contribution < 1.29 is 8.42 Å². The van der Waals surface area contributed by atoms with Crippen molar-refractivity contribution in [3.8, 4) is 0 Å². The van der Waals surface area contributed by atoms with Crippen LogP contribution in [0.2, 0.25) is 0 Å². The van der Waals surface area contributed by atoms with Crippen LogP contribution in [0.25, 0.3) is 0 Å². The number of nitrogens with one attached hydrogen (secondary N) is 1. The molecule has 1 aromatic carbocycles. The fourth-order valence-electron chi connectivity index (χ4n) is 1.40. The molecule has 1 N–H and O–H groups in total. The van der Waals surface area contributed by atoms with E-state index in [0.717, 1.165) is 0 Å². The first-order valence-electron chi connectivity index (χ1n) is 5.18. The zero-order valence-electron chi connectivity index (χ0n) is 9.39. The van der Waals surface area contributed by atoms with E-state index in [9.17, 15) is 8.42 Å². The van der Waals surface area contributed by atoms with E-state index in [4.69, 9.17) is 0 Å². The predicted octanol–water partition coefficient (Wildman–Crippen LogP) is 1.62. The van der Waals surface area contributed by atoms with Crippen LogP contribution in [0, 0.1) is 0 Å². The van der Waals surface area contributed by atoms with Crippen molar-refractivity contribution in [2.24, 2.45) is 0 Å². The first kappa shape index (κ1) is 12.9. The summed E-state index contributed by atoms with van der Waals surface area (Å²) in [5.74, 6) is 0.102. The number of hydrogen-bond donors (Lipinski definition) is 1. The predicted molar refractivity (Wildman–Crippen MR) is 66.2 cm³/mol. The topological polar surface area (TPSA) is 46.2 Å². The SMILES string of the molecule is C=CCN[C@@H](C)CS(=O)(=O)c1ccccc1. The number of rotatable bonds is 6. The summed E-state index contributed by atoms with van der Waals surface area (Å²) in [4.78, 5) is 0.377. The second kappa shape index (κ2) is 5.82. The summed E-state index contributed by atoms with van der Waals surface area (Å²) in [5, 5.41) is 3.06.